The number of fused-ring (bicyclic) bond motifs is 1. The molecule has 0 aliphatic carbocycles. The molecule has 0 saturated carbocycles. The predicted molar refractivity (Wildman–Crippen MR) is 81.1 cm³/mol. The topological polar surface area (TPSA) is 12.5 Å². The van der Waals surface area contributed by atoms with Crippen LogP contribution in [0.2, 0.25) is 0 Å². The molecule has 2 rings (SSSR count). The van der Waals surface area contributed by atoms with Crippen LogP contribution in [0.3, 0.4) is 0 Å². The summed E-state index contributed by atoms with van der Waals surface area (Å²) in [5, 5.41) is 0. The molecular weight excluding hydrogens is 222 g/mol. The Morgan fingerprint density at radius 3 is 2.39 bits per heavy atom. The van der Waals surface area contributed by atoms with Crippen LogP contribution in [0.1, 0.15) is 66.7 Å². The van der Waals surface area contributed by atoms with Crippen molar-refractivity contribution >= 4 is 0 Å². The van der Waals surface area contributed by atoms with Gasteiger partial charge in [-0.2, -0.15) is 0 Å². The van der Waals surface area contributed by atoms with Gasteiger partial charge >= 0.3 is 0 Å². The van der Waals surface area contributed by atoms with Gasteiger partial charge in [-0.25, -0.2) is 0 Å². The Bertz CT molecular complexity index is 172. The number of nitrogens with zero attached hydrogens (tertiary/aromatic N) is 1. The molecule has 2 unspecified atom stereocenters. The second kappa shape index (κ2) is 12.0. The lowest BCUT2D eigenvalue weighted by Crippen LogP contribution is -2.37. The highest BCUT2D eigenvalue weighted by Gasteiger charge is 2.26. The zero-order chi connectivity index (χ0) is 13.8. The standard InChI is InChI=1S/C12H23NO.2C2H6/c1-2-11-4-3-5-12-6-8-14-9-7-13(12)10-11;2*1-2/h11-12H,2-10H2,1H3;2*1-2H3. The van der Waals surface area contributed by atoms with Gasteiger partial charge < -0.3 is 4.74 Å². The van der Waals surface area contributed by atoms with Gasteiger partial charge in [0.1, 0.15) is 0 Å². The summed E-state index contributed by atoms with van der Waals surface area (Å²) < 4.78 is 5.55. The third-order valence-corrected chi connectivity index (χ3v) is 3.85. The molecule has 2 saturated heterocycles. The molecule has 0 aromatic heterocycles. The first-order valence-corrected chi connectivity index (χ1v) is 8.22. The van der Waals surface area contributed by atoms with Crippen LogP contribution in [-0.2, 0) is 4.74 Å². The van der Waals surface area contributed by atoms with Crippen LogP contribution >= 0.6 is 0 Å². The number of rotatable bonds is 1. The van der Waals surface area contributed by atoms with Gasteiger partial charge in [0.25, 0.3) is 0 Å². The molecule has 0 aromatic rings. The molecule has 0 spiro atoms. The van der Waals surface area contributed by atoms with E-state index < -0.39 is 0 Å². The molecule has 0 radical (unpaired) electrons. The fraction of sp³-hybridized carbons (Fsp3) is 1.00. The molecule has 110 valence electrons. The summed E-state index contributed by atoms with van der Waals surface area (Å²) in [4.78, 5) is 2.69. The van der Waals surface area contributed by atoms with E-state index in [0.29, 0.717) is 0 Å². The maximum atomic E-state index is 5.55. The van der Waals surface area contributed by atoms with Gasteiger partial charge in [-0.15, -0.1) is 0 Å². The minimum Gasteiger partial charge on any atom is -0.380 e. The molecular formula is C16H35NO. The first-order chi connectivity index (χ1) is 8.90. The van der Waals surface area contributed by atoms with Gasteiger partial charge in [-0.05, 0) is 25.2 Å². The molecule has 2 aliphatic heterocycles. The van der Waals surface area contributed by atoms with Gasteiger partial charge in [-0.1, -0.05) is 47.5 Å². The zero-order valence-corrected chi connectivity index (χ0v) is 13.4. The van der Waals surface area contributed by atoms with Crippen molar-refractivity contribution in [2.75, 3.05) is 26.3 Å². The summed E-state index contributed by atoms with van der Waals surface area (Å²) in [6, 6.07) is 0.828. The van der Waals surface area contributed by atoms with E-state index in [0.717, 1.165) is 25.2 Å². The summed E-state index contributed by atoms with van der Waals surface area (Å²) in [6.45, 7) is 14.8. The van der Waals surface area contributed by atoms with E-state index in [9.17, 15) is 0 Å². The summed E-state index contributed by atoms with van der Waals surface area (Å²) in [5.74, 6) is 0.943. The second-order valence-electron chi connectivity index (χ2n) is 4.75. The summed E-state index contributed by atoms with van der Waals surface area (Å²) in [6.07, 6.45) is 6.89. The third kappa shape index (κ3) is 6.19. The van der Waals surface area contributed by atoms with Crippen molar-refractivity contribution in [2.24, 2.45) is 5.92 Å². The molecule has 2 fully saturated rings. The quantitative estimate of drug-likeness (QED) is 0.693. The van der Waals surface area contributed by atoms with Crippen molar-refractivity contribution in [3.05, 3.63) is 0 Å². The van der Waals surface area contributed by atoms with Gasteiger partial charge in [-0.3, -0.25) is 4.90 Å². The van der Waals surface area contributed by atoms with Crippen molar-refractivity contribution in [1.82, 2.24) is 4.90 Å². The van der Waals surface area contributed by atoms with Gasteiger partial charge in [0, 0.05) is 25.7 Å². The Morgan fingerprint density at radius 2 is 1.72 bits per heavy atom. The first kappa shape index (κ1) is 17.9. The molecule has 18 heavy (non-hydrogen) atoms. The van der Waals surface area contributed by atoms with Gasteiger partial charge in [0.2, 0.25) is 0 Å². The highest BCUT2D eigenvalue weighted by molar-refractivity contribution is 4.80. The summed E-state index contributed by atoms with van der Waals surface area (Å²) >= 11 is 0. The van der Waals surface area contributed by atoms with E-state index in [2.05, 4.69) is 11.8 Å². The summed E-state index contributed by atoms with van der Waals surface area (Å²) in [7, 11) is 0. The Balaban J connectivity index is 0.000000659. The molecule has 0 bridgehead atoms. The van der Waals surface area contributed by atoms with Crippen LogP contribution in [-0.4, -0.2) is 37.2 Å². The highest BCUT2D eigenvalue weighted by Crippen LogP contribution is 2.25. The van der Waals surface area contributed by atoms with Crippen molar-refractivity contribution in [1.29, 1.82) is 0 Å². The molecule has 2 atom stereocenters. The second-order valence-corrected chi connectivity index (χ2v) is 4.75. The lowest BCUT2D eigenvalue weighted by Gasteiger charge is -2.28. The zero-order valence-electron chi connectivity index (χ0n) is 13.4. The van der Waals surface area contributed by atoms with Crippen LogP contribution in [0.5, 0.6) is 0 Å². The molecule has 2 aliphatic rings. The van der Waals surface area contributed by atoms with E-state index in [1.165, 1.54) is 45.2 Å². The van der Waals surface area contributed by atoms with Crippen LogP contribution in [0.15, 0.2) is 0 Å². The van der Waals surface area contributed by atoms with Crippen molar-refractivity contribution in [2.45, 2.75) is 72.8 Å². The lowest BCUT2D eigenvalue weighted by atomic mass is 10.0. The van der Waals surface area contributed by atoms with Crippen molar-refractivity contribution in [3.8, 4) is 0 Å². The first-order valence-electron chi connectivity index (χ1n) is 8.22. The van der Waals surface area contributed by atoms with E-state index >= 15 is 0 Å². The Kier molecular flexibility index (Phi) is 11.9. The van der Waals surface area contributed by atoms with Crippen molar-refractivity contribution in [3.63, 3.8) is 0 Å². The molecule has 2 heterocycles. The van der Waals surface area contributed by atoms with Crippen molar-refractivity contribution < 1.29 is 4.74 Å². The minimum absolute atomic E-state index is 0.828. The number of hydrogen-bond donors (Lipinski definition) is 0. The molecule has 0 amide bonds. The molecule has 0 N–H and O–H groups in total. The van der Waals surface area contributed by atoms with Crippen LogP contribution in [0.4, 0.5) is 0 Å². The maximum Gasteiger partial charge on any atom is 0.0593 e. The minimum atomic E-state index is 0.828. The van der Waals surface area contributed by atoms with E-state index in [1.54, 1.807) is 0 Å². The van der Waals surface area contributed by atoms with Crippen LogP contribution in [0.25, 0.3) is 0 Å². The maximum absolute atomic E-state index is 5.55. The van der Waals surface area contributed by atoms with E-state index in [-0.39, 0.29) is 0 Å². The van der Waals surface area contributed by atoms with Crippen LogP contribution in [0, 0.1) is 5.92 Å². The van der Waals surface area contributed by atoms with E-state index in [4.69, 9.17) is 4.74 Å². The Hall–Kier alpha value is -0.0800. The van der Waals surface area contributed by atoms with Gasteiger partial charge in [0.05, 0.1) is 6.61 Å². The Morgan fingerprint density at radius 1 is 1.00 bits per heavy atom. The smallest absolute Gasteiger partial charge is 0.0593 e. The predicted octanol–water partition coefficient (Wildman–Crippen LogP) is 4.34. The summed E-state index contributed by atoms with van der Waals surface area (Å²) in [5.41, 5.74) is 0. The normalized spacial score (nSPS) is 28.5. The largest absolute Gasteiger partial charge is 0.380 e. The average molecular weight is 257 g/mol. The third-order valence-electron chi connectivity index (χ3n) is 3.85. The number of hydrogen-bond acceptors (Lipinski definition) is 2. The fourth-order valence-corrected chi connectivity index (χ4v) is 2.83. The lowest BCUT2D eigenvalue weighted by molar-refractivity contribution is 0.136. The fourth-order valence-electron chi connectivity index (χ4n) is 2.83. The number of ether oxygens (including phenoxy) is 1. The SMILES string of the molecule is CC.CC.CCC1CCCC2CCOCCN2C1. The molecule has 2 nitrogen and oxygen atoms in total. The molecule has 0 aromatic carbocycles. The highest BCUT2D eigenvalue weighted by atomic mass is 16.5. The van der Waals surface area contributed by atoms with E-state index in [1.807, 2.05) is 27.7 Å². The Labute approximate surface area is 115 Å². The average Bonchev–Trinajstić information content (AvgIpc) is 2.77. The van der Waals surface area contributed by atoms with Gasteiger partial charge in [0.15, 0.2) is 0 Å². The van der Waals surface area contributed by atoms with Crippen LogP contribution < -0.4 is 0 Å². The monoisotopic (exact) mass is 257 g/mol. The molecule has 2 heteroatoms.